The average Bonchev–Trinajstić information content (AvgIpc) is 3.15. The van der Waals surface area contributed by atoms with Crippen molar-refractivity contribution < 1.29 is 19.0 Å². The first-order valence-corrected chi connectivity index (χ1v) is 11.2. The summed E-state index contributed by atoms with van der Waals surface area (Å²) in [7, 11) is 1.58. The Morgan fingerprint density at radius 3 is 2.69 bits per heavy atom. The zero-order chi connectivity index (χ0) is 22.7. The van der Waals surface area contributed by atoms with Crippen LogP contribution in [-0.4, -0.2) is 19.0 Å². The van der Waals surface area contributed by atoms with Gasteiger partial charge in [0.2, 0.25) is 5.90 Å². The van der Waals surface area contributed by atoms with Gasteiger partial charge in [0.15, 0.2) is 17.2 Å². The maximum absolute atomic E-state index is 12.4. The lowest BCUT2D eigenvalue weighted by atomic mass is 10.1. The molecular formula is C25H19ClINO4. The van der Waals surface area contributed by atoms with E-state index in [0.29, 0.717) is 28.7 Å². The fourth-order valence-electron chi connectivity index (χ4n) is 3.16. The van der Waals surface area contributed by atoms with Crippen molar-refractivity contribution in [2.24, 2.45) is 4.99 Å². The second-order valence-corrected chi connectivity index (χ2v) is 8.74. The van der Waals surface area contributed by atoms with E-state index in [1.807, 2.05) is 55.5 Å². The zero-order valence-electron chi connectivity index (χ0n) is 17.4. The van der Waals surface area contributed by atoms with Gasteiger partial charge < -0.3 is 14.2 Å². The van der Waals surface area contributed by atoms with Crippen LogP contribution in [0.25, 0.3) is 6.08 Å². The fraction of sp³-hybridized carbons (Fsp3) is 0.120. The van der Waals surface area contributed by atoms with E-state index in [2.05, 4.69) is 27.6 Å². The molecule has 32 heavy (non-hydrogen) atoms. The molecule has 4 rings (SSSR count). The van der Waals surface area contributed by atoms with E-state index in [1.165, 1.54) is 0 Å². The molecule has 1 aliphatic rings. The van der Waals surface area contributed by atoms with Crippen LogP contribution in [0.1, 0.15) is 22.3 Å². The molecule has 0 spiro atoms. The highest BCUT2D eigenvalue weighted by Crippen LogP contribution is 2.31. The molecule has 3 aromatic carbocycles. The van der Waals surface area contributed by atoms with Crippen LogP contribution in [0.5, 0.6) is 11.5 Å². The SMILES string of the molecule is COc1cc(/C=C2\N=C(c3cc(I)ccc3Cl)OC2=O)ccc1OCc1ccccc1C. The Kier molecular flexibility index (Phi) is 6.81. The van der Waals surface area contributed by atoms with Crippen LogP contribution in [-0.2, 0) is 16.1 Å². The first-order chi connectivity index (χ1) is 15.4. The van der Waals surface area contributed by atoms with Crippen molar-refractivity contribution in [1.82, 2.24) is 0 Å². The lowest BCUT2D eigenvalue weighted by molar-refractivity contribution is -0.129. The van der Waals surface area contributed by atoms with Gasteiger partial charge in [0.1, 0.15) is 6.61 Å². The number of carbonyl (C=O) groups excluding carboxylic acids is 1. The van der Waals surface area contributed by atoms with Crippen molar-refractivity contribution in [1.29, 1.82) is 0 Å². The minimum Gasteiger partial charge on any atom is -0.493 e. The second-order valence-electron chi connectivity index (χ2n) is 7.09. The number of benzene rings is 3. The van der Waals surface area contributed by atoms with Gasteiger partial charge in [-0.25, -0.2) is 9.79 Å². The standard InChI is InChI=1S/C25H19ClINO4/c1-15-5-3-4-6-17(15)14-31-22-10-7-16(12-23(22)30-2)11-21-25(29)32-24(28-21)19-13-18(27)8-9-20(19)26/h3-13H,14H2,1-2H3/b21-11-. The number of aryl methyl sites for hydroxylation is 1. The van der Waals surface area contributed by atoms with Crippen molar-refractivity contribution >= 4 is 52.1 Å². The number of halogens is 2. The summed E-state index contributed by atoms with van der Waals surface area (Å²) < 4.78 is 17.8. The number of ether oxygens (including phenoxy) is 3. The molecule has 0 N–H and O–H groups in total. The van der Waals surface area contributed by atoms with Crippen LogP contribution >= 0.6 is 34.2 Å². The van der Waals surface area contributed by atoms with E-state index in [0.717, 1.165) is 20.3 Å². The monoisotopic (exact) mass is 559 g/mol. The van der Waals surface area contributed by atoms with Crippen molar-refractivity contribution in [3.05, 3.63) is 97.2 Å². The molecule has 7 heteroatoms. The van der Waals surface area contributed by atoms with Crippen molar-refractivity contribution in [2.75, 3.05) is 7.11 Å². The molecule has 0 amide bonds. The highest BCUT2D eigenvalue weighted by Gasteiger charge is 2.26. The number of hydrogen-bond donors (Lipinski definition) is 0. The molecular weight excluding hydrogens is 541 g/mol. The van der Waals surface area contributed by atoms with Gasteiger partial charge in [-0.05, 0) is 82.6 Å². The number of cyclic esters (lactones) is 1. The molecule has 0 radical (unpaired) electrons. The van der Waals surface area contributed by atoms with E-state index >= 15 is 0 Å². The summed E-state index contributed by atoms with van der Waals surface area (Å²) >= 11 is 8.41. The van der Waals surface area contributed by atoms with Crippen LogP contribution in [0, 0.1) is 10.5 Å². The molecule has 0 fully saturated rings. The van der Waals surface area contributed by atoms with Gasteiger partial charge in [-0.1, -0.05) is 41.9 Å². The maximum Gasteiger partial charge on any atom is 0.363 e. The molecule has 5 nitrogen and oxygen atoms in total. The molecule has 0 saturated carbocycles. The third-order valence-corrected chi connectivity index (χ3v) is 5.92. The van der Waals surface area contributed by atoms with Crippen LogP contribution in [0.2, 0.25) is 5.02 Å². The van der Waals surface area contributed by atoms with E-state index in [4.69, 9.17) is 25.8 Å². The zero-order valence-corrected chi connectivity index (χ0v) is 20.3. The minimum atomic E-state index is -0.534. The van der Waals surface area contributed by atoms with Gasteiger partial charge in [-0.2, -0.15) is 0 Å². The first kappa shape index (κ1) is 22.4. The first-order valence-electron chi connectivity index (χ1n) is 9.78. The Balaban J connectivity index is 1.57. The highest BCUT2D eigenvalue weighted by molar-refractivity contribution is 14.1. The molecule has 0 bridgehead atoms. The molecule has 1 heterocycles. The lowest BCUT2D eigenvalue weighted by Crippen LogP contribution is -2.06. The van der Waals surface area contributed by atoms with Gasteiger partial charge in [-0.15, -0.1) is 0 Å². The number of aliphatic imine (C=N–C) groups is 1. The molecule has 0 atom stereocenters. The Morgan fingerprint density at radius 1 is 1.09 bits per heavy atom. The number of esters is 1. The summed E-state index contributed by atoms with van der Waals surface area (Å²) in [5.41, 5.74) is 3.76. The molecule has 0 aromatic heterocycles. The lowest BCUT2D eigenvalue weighted by Gasteiger charge is -2.12. The van der Waals surface area contributed by atoms with E-state index in [1.54, 1.807) is 25.3 Å². The predicted molar refractivity (Wildman–Crippen MR) is 133 cm³/mol. The van der Waals surface area contributed by atoms with Crippen molar-refractivity contribution in [3.63, 3.8) is 0 Å². The topological polar surface area (TPSA) is 57.1 Å². The quantitative estimate of drug-likeness (QED) is 0.205. The number of carbonyl (C=O) groups is 1. The Labute approximate surface area is 204 Å². The Morgan fingerprint density at radius 2 is 1.91 bits per heavy atom. The molecule has 1 aliphatic heterocycles. The summed E-state index contributed by atoms with van der Waals surface area (Å²) in [6.45, 7) is 2.48. The van der Waals surface area contributed by atoms with Crippen molar-refractivity contribution in [2.45, 2.75) is 13.5 Å². The molecule has 0 aliphatic carbocycles. The second kappa shape index (κ2) is 9.75. The number of methoxy groups -OCH3 is 1. The van der Waals surface area contributed by atoms with E-state index < -0.39 is 5.97 Å². The van der Waals surface area contributed by atoms with Crippen LogP contribution in [0.4, 0.5) is 0 Å². The summed E-state index contributed by atoms with van der Waals surface area (Å²) in [4.78, 5) is 16.7. The Bertz CT molecular complexity index is 1250. The fourth-order valence-corrected chi connectivity index (χ4v) is 3.85. The van der Waals surface area contributed by atoms with E-state index in [9.17, 15) is 4.79 Å². The van der Waals surface area contributed by atoms with Crippen LogP contribution in [0.15, 0.2) is 71.4 Å². The third kappa shape index (κ3) is 4.97. The highest BCUT2D eigenvalue weighted by atomic mass is 127. The van der Waals surface area contributed by atoms with Gasteiger partial charge in [0, 0.05) is 3.57 Å². The molecule has 0 saturated heterocycles. The van der Waals surface area contributed by atoms with Crippen molar-refractivity contribution in [3.8, 4) is 11.5 Å². The number of rotatable bonds is 6. The van der Waals surface area contributed by atoms with Crippen LogP contribution < -0.4 is 9.47 Å². The third-order valence-electron chi connectivity index (χ3n) is 4.91. The van der Waals surface area contributed by atoms with Gasteiger partial charge in [0.25, 0.3) is 0 Å². The van der Waals surface area contributed by atoms with Gasteiger partial charge >= 0.3 is 5.97 Å². The summed E-state index contributed by atoms with van der Waals surface area (Å²) in [6.07, 6.45) is 1.64. The minimum absolute atomic E-state index is 0.186. The predicted octanol–water partition coefficient (Wildman–Crippen LogP) is 6.19. The summed E-state index contributed by atoms with van der Waals surface area (Å²) in [6, 6.07) is 18.9. The maximum atomic E-state index is 12.4. The van der Waals surface area contributed by atoms with E-state index in [-0.39, 0.29) is 11.6 Å². The Hall–Kier alpha value is -2.84. The van der Waals surface area contributed by atoms with Gasteiger partial charge in [0.05, 0.1) is 17.7 Å². The largest absolute Gasteiger partial charge is 0.493 e. The number of nitrogens with zero attached hydrogens (tertiary/aromatic N) is 1. The summed E-state index contributed by atoms with van der Waals surface area (Å²) in [5, 5.41) is 0.468. The van der Waals surface area contributed by atoms with Crippen LogP contribution in [0.3, 0.4) is 0 Å². The summed E-state index contributed by atoms with van der Waals surface area (Å²) in [5.74, 6) is 0.828. The molecule has 3 aromatic rings. The smallest absolute Gasteiger partial charge is 0.363 e. The van der Waals surface area contributed by atoms with Gasteiger partial charge in [-0.3, -0.25) is 0 Å². The molecule has 162 valence electrons. The average molecular weight is 560 g/mol. The number of hydrogen-bond acceptors (Lipinski definition) is 5. The molecule has 0 unspecified atom stereocenters. The normalized spacial score (nSPS) is 14.3.